The molecule has 0 radical (unpaired) electrons. The number of hydrogen-bond donors (Lipinski definition) is 0. The zero-order chi connectivity index (χ0) is 12.1. The number of halogens is 1. The monoisotopic (exact) mass is 294 g/mol. The van der Waals surface area contributed by atoms with Crippen LogP contribution in [0.2, 0.25) is 0 Å². The number of hydrogen-bond acceptors (Lipinski definition) is 0. The fraction of sp³-hybridized carbons (Fsp3) is 0.625. The van der Waals surface area contributed by atoms with Gasteiger partial charge >= 0.3 is 0 Å². The first kappa shape index (κ1) is 13.1. The number of aryl methyl sites for hydroxylation is 1. The summed E-state index contributed by atoms with van der Waals surface area (Å²) in [5, 5.41) is 0. The molecule has 1 aliphatic carbocycles. The first-order valence-electron chi connectivity index (χ1n) is 7.02. The lowest BCUT2D eigenvalue weighted by Gasteiger charge is -2.14. The zero-order valence-corrected chi connectivity index (χ0v) is 12.4. The van der Waals surface area contributed by atoms with E-state index in [9.17, 15) is 0 Å². The van der Waals surface area contributed by atoms with Crippen molar-refractivity contribution in [2.24, 2.45) is 5.92 Å². The molecule has 1 unspecified atom stereocenters. The third-order valence-electron chi connectivity index (χ3n) is 4.05. The van der Waals surface area contributed by atoms with Gasteiger partial charge < -0.3 is 0 Å². The summed E-state index contributed by atoms with van der Waals surface area (Å²) in [7, 11) is 0. The fourth-order valence-corrected chi connectivity index (χ4v) is 3.38. The molecular weight excluding hydrogens is 272 g/mol. The number of alkyl halides is 1. The van der Waals surface area contributed by atoms with Crippen LogP contribution < -0.4 is 0 Å². The van der Waals surface area contributed by atoms with Crippen LogP contribution in [0.25, 0.3) is 0 Å². The quantitative estimate of drug-likeness (QED) is 0.615. The molecule has 1 heteroatoms. The van der Waals surface area contributed by atoms with Crippen LogP contribution in [-0.4, -0.2) is 0 Å². The van der Waals surface area contributed by atoms with E-state index in [4.69, 9.17) is 0 Å². The molecule has 0 N–H and O–H groups in total. The maximum absolute atomic E-state index is 3.84. The molecule has 0 spiro atoms. The molecular formula is C16H23Br. The topological polar surface area (TPSA) is 0 Å². The second-order valence-electron chi connectivity index (χ2n) is 5.29. The summed E-state index contributed by atoms with van der Waals surface area (Å²) >= 11 is 3.84. The van der Waals surface area contributed by atoms with Gasteiger partial charge in [-0.15, -0.1) is 0 Å². The van der Waals surface area contributed by atoms with Gasteiger partial charge in [0.15, 0.2) is 0 Å². The molecule has 0 bridgehead atoms. The van der Waals surface area contributed by atoms with E-state index in [-0.39, 0.29) is 0 Å². The van der Waals surface area contributed by atoms with Crippen molar-refractivity contribution in [3.05, 3.63) is 35.4 Å². The summed E-state index contributed by atoms with van der Waals surface area (Å²) in [4.78, 5) is 0.550. The Morgan fingerprint density at radius 3 is 2.41 bits per heavy atom. The van der Waals surface area contributed by atoms with Crippen molar-refractivity contribution in [2.75, 3.05) is 0 Å². The van der Waals surface area contributed by atoms with Gasteiger partial charge in [-0.3, -0.25) is 0 Å². The molecule has 1 aliphatic rings. The van der Waals surface area contributed by atoms with E-state index < -0.39 is 0 Å². The summed E-state index contributed by atoms with van der Waals surface area (Å²) in [6.07, 6.45) is 9.67. The predicted molar refractivity (Wildman–Crippen MR) is 78.7 cm³/mol. The third kappa shape index (κ3) is 3.84. The van der Waals surface area contributed by atoms with E-state index in [1.807, 2.05) is 0 Å². The van der Waals surface area contributed by atoms with E-state index in [1.165, 1.54) is 49.7 Å². The van der Waals surface area contributed by atoms with Gasteiger partial charge in [0.05, 0.1) is 0 Å². The van der Waals surface area contributed by atoms with Crippen molar-refractivity contribution in [1.82, 2.24) is 0 Å². The highest BCUT2D eigenvalue weighted by molar-refractivity contribution is 9.09. The van der Waals surface area contributed by atoms with Crippen LogP contribution in [0.3, 0.4) is 0 Å². The van der Waals surface area contributed by atoms with Gasteiger partial charge in [-0.05, 0) is 36.3 Å². The van der Waals surface area contributed by atoms with E-state index in [2.05, 4.69) is 47.1 Å². The van der Waals surface area contributed by atoms with Crippen LogP contribution in [-0.2, 0) is 6.42 Å². The van der Waals surface area contributed by atoms with Crippen molar-refractivity contribution in [3.8, 4) is 0 Å². The number of benzene rings is 1. The summed E-state index contributed by atoms with van der Waals surface area (Å²) in [6.45, 7) is 2.21. The Kier molecular flexibility index (Phi) is 5.09. The molecule has 2 rings (SSSR count). The zero-order valence-electron chi connectivity index (χ0n) is 10.8. The van der Waals surface area contributed by atoms with E-state index in [0.717, 1.165) is 12.3 Å². The highest BCUT2D eigenvalue weighted by Crippen LogP contribution is 2.34. The molecule has 1 saturated carbocycles. The van der Waals surface area contributed by atoms with Gasteiger partial charge in [-0.2, -0.15) is 0 Å². The summed E-state index contributed by atoms with van der Waals surface area (Å²) in [5.74, 6) is 1.00. The largest absolute Gasteiger partial charge is 0.0839 e. The highest BCUT2D eigenvalue weighted by Gasteiger charge is 2.16. The molecule has 1 aromatic rings. The molecule has 0 saturated heterocycles. The van der Waals surface area contributed by atoms with Crippen molar-refractivity contribution in [2.45, 2.75) is 56.7 Å². The normalized spacial score (nSPS) is 18.5. The van der Waals surface area contributed by atoms with Gasteiger partial charge in [-0.1, -0.05) is 72.8 Å². The van der Waals surface area contributed by atoms with Gasteiger partial charge in [0.1, 0.15) is 0 Å². The van der Waals surface area contributed by atoms with Crippen molar-refractivity contribution in [1.29, 1.82) is 0 Å². The standard InChI is InChI=1S/C16H23Br/c1-2-13-7-10-15(11-8-13)16(17)12-9-14-5-3-4-6-14/h7-8,10-11,14,16H,2-6,9,12H2,1H3. The van der Waals surface area contributed by atoms with Crippen LogP contribution in [0.4, 0.5) is 0 Å². The van der Waals surface area contributed by atoms with Crippen LogP contribution >= 0.6 is 15.9 Å². The summed E-state index contributed by atoms with van der Waals surface area (Å²) in [6, 6.07) is 9.10. The van der Waals surface area contributed by atoms with Crippen LogP contribution in [0.15, 0.2) is 24.3 Å². The first-order valence-corrected chi connectivity index (χ1v) is 7.94. The second-order valence-corrected chi connectivity index (χ2v) is 6.40. The molecule has 0 nitrogen and oxygen atoms in total. The van der Waals surface area contributed by atoms with Crippen LogP contribution in [0.1, 0.15) is 61.4 Å². The molecule has 0 heterocycles. The van der Waals surface area contributed by atoms with Crippen LogP contribution in [0, 0.1) is 5.92 Å². The summed E-state index contributed by atoms with van der Waals surface area (Å²) < 4.78 is 0. The van der Waals surface area contributed by atoms with Gasteiger partial charge in [0, 0.05) is 4.83 Å². The molecule has 1 atom stereocenters. The second kappa shape index (κ2) is 6.58. The Hall–Kier alpha value is -0.300. The molecule has 94 valence electrons. The average Bonchev–Trinajstić information content (AvgIpc) is 2.89. The lowest BCUT2D eigenvalue weighted by molar-refractivity contribution is 0.483. The Morgan fingerprint density at radius 1 is 1.18 bits per heavy atom. The molecule has 17 heavy (non-hydrogen) atoms. The van der Waals surface area contributed by atoms with Crippen LogP contribution in [0.5, 0.6) is 0 Å². The third-order valence-corrected chi connectivity index (χ3v) is 5.04. The number of rotatable bonds is 5. The minimum atomic E-state index is 0.550. The van der Waals surface area contributed by atoms with Crippen molar-refractivity contribution < 1.29 is 0 Å². The molecule has 0 amide bonds. The highest BCUT2D eigenvalue weighted by atomic mass is 79.9. The molecule has 0 aromatic heterocycles. The molecule has 1 fully saturated rings. The van der Waals surface area contributed by atoms with Gasteiger partial charge in [-0.25, -0.2) is 0 Å². The lowest BCUT2D eigenvalue weighted by Crippen LogP contribution is -1.97. The van der Waals surface area contributed by atoms with Crippen molar-refractivity contribution in [3.63, 3.8) is 0 Å². The van der Waals surface area contributed by atoms with Crippen molar-refractivity contribution >= 4 is 15.9 Å². The minimum absolute atomic E-state index is 0.550. The molecule has 0 aliphatic heterocycles. The lowest BCUT2D eigenvalue weighted by atomic mass is 9.98. The minimum Gasteiger partial charge on any atom is -0.0839 e. The van der Waals surface area contributed by atoms with E-state index in [1.54, 1.807) is 0 Å². The maximum atomic E-state index is 3.84. The Labute approximate surface area is 114 Å². The van der Waals surface area contributed by atoms with Gasteiger partial charge in [0.25, 0.3) is 0 Å². The first-order chi connectivity index (χ1) is 8.29. The Bertz CT molecular complexity index is 322. The maximum Gasteiger partial charge on any atom is 0.0395 e. The SMILES string of the molecule is CCc1ccc(C(Br)CCC2CCCC2)cc1. The van der Waals surface area contributed by atoms with E-state index >= 15 is 0 Å². The fourth-order valence-electron chi connectivity index (χ4n) is 2.81. The Balaban J connectivity index is 1.83. The van der Waals surface area contributed by atoms with Gasteiger partial charge in [0.2, 0.25) is 0 Å². The van der Waals surface area contributed by atoms with E-state index in [0.29, 0.717) is 4.83 Å². The average molecular weight is 295 g/mol. The Morgan fingerprint density at radius 2 is 1.82 bits per heavy atom. The summed E-state index contributed by atoms with van der Waals surface area (Å²) in [5.41, 5.74) is 2.88. The predicted octanol–water partition coefficient (Wildman–Crippen LogP) is 5.66. The smallest absolute Gasteiger partial charge is 0.0395 e. The molecule has 1 aromatic carbocycles.